The van der Waals surface area contributed by atoms with E-state index in [0.29, 0.717) is 22.5 Å². The summed E-state index contributed by atoms with van der Waals surface area (Å²) in [5.74, 6) is -0.968. The van der Waals surface area contributed by atoms with Gasteiger partial charge < -0.3 is 4.42 Å². The first kappa shape index (κ1) is 19.5. The molecule has 0 N–H and O–H groups in total. The third-order valence-electron chi connectivity index (χ3n) is 6.10. The average molecular weight is 452 g/mol. The van der Waals surface area contributed by atoms with Gasteiger partial charge in [0.05, 0.1) is 17.7 Å². The first-order chi connectivity index (χ1) is 17.1. The van der Waals surface area contributed by atoms with Gasteiger partial charge >= 0.3 is 0 Å². The molecule has 5 aromatic rings. The van der Waals surface area contributed by atoms with E-state index in [-0.39, 0.29) is 11.5 Å². The maximum atomic E-state index is 15.3. The quantitative estimate of drug-likeness (QED) is 0.201. The molecule has 0 aliphatic rings. The summed E-state index contributed by atoms with van der Waals surface area (Å²) in [6, 6.07) is 18.8. The Morgan fingerprint density at radius 2 is 1.85 bits per heavy atom. The van der Waals surface area contributed by atoms with Crippen LogP contribution in [0.3, 0.4) is 0 Å². The lowest BCUT2D eigenvalue weighted by Gasteiger charge is -2.09. The van der Waals surface area contributed by atoms with E-state index in [4.69, 9.17) is 13.7 Å². The van der Waals surface area contributed by atoms with Gasteiger partial charge in [0.1, 0.15) is 24.0 Å². The van der Waals surface area contributed by atoms with Crippen LogP contribution in [0.5, 0.6) is 0 Å². The fourth-order valence-electron chi connectivity index (χ4n) is 4.52. The van der Waals surface area contributed by atoms with Gasteiger partial charge in [-0.05, 0) is 48.0 Å². The molecule has 2 heterocycles. The van der Waals surface area contributed by atoms with Crippen LogP contribution in [0.4, 0.5) is 10.1 Å². The molecule has 0 aliphatic heterocycles. The maximum absolute atomic E-state index is 15.3. The summed E-state index contributed by atoms with van der Waals surface area (Å²) < 4.78 is 40.2. The Kier molecular flexibility index (Phi) is 4.83. The predicted molar refractivity (Wildman–Crippen MR) is 135 cm³/mol. The molecule has 0 bridgehead atoms. The van der Waals surface area contributed by atoms with Crippen molar-refractivity contribution in [1.82, 2.24) is 0 Å². The standard InChI is InChI=1S/C30H26FN2O/c1-18(2)13-21-17-33(5)27(16-25(21)31)29-19(3)11-12-22-24-14-26(32-4)23(15-28(24)34-30(22)29)20-9-7-6-8-10-20/h6-12,14-18H,13H2,1-3,5H3/q+1/i13D2. The number of furan rings is 1. The number of fused-ring (bicyclic) bond motifs is 3. The fourth-order valence-corrected chi connectivity index (χ4v) is 4.52. The molecule has 34 heavy (non-hydrogen) atoms. The highest BCUT2D eigenvalue weighted by Gasteiger charge is 2.24. The van der Waals surface area contributed by atoms with Crippen LogP contribution >= 0.6 is 0 Å². The highest BCUT2D eigenvalue weighted by atomic mass is 19.1. The first-order valence-electron chi connectivity index (χ1n) is 12.3. The molecule has 5 rings (SSSR count). The molecule has 4 heteroatoms. The molecule has 3 aromatic carbocycles. The second-order valence-electron chi connectivity index (χ2n) is 8.91. The molecular formula is C30H26FN2O+. The lowest BCUT2D eigenvalue weighted by Crippen LogP contribution is -2.32. The molecule has 0 fully saturated rings. The summed E-state index contributed by atoms with van der Waals surface area (Å²) in [5, 5.41) is 1.67. The highest BCUT2D eigenvalue weighted by molar-refractivity contribution is 6.12. The number of hydrogen-bond acceptors (Lipinski definition) is 1. The smallest absolute Gasteiger partial charge is 0.219 e. The van der Waals surface area contributed by atoms with Crippen molar-refractivity contribution in [2.24, 2.45) is 13.0 Å². The summed E-state index contributed by atoms with van der Waals surface area (Å²) in [6.07, 6.45) is -0.263. The fraction of sp³-hybridized carbons (Fsp3) is 0.200. The van der Waals surface area contributed by atoms with E-state index in [0.717, 1.165) is 33.0 Å². The van der Waals surface area contributed by atoms with Gasteiger partial charge in [-0.15, -0.1) is 0 Å². The van der Waals surface area contributed by atoms with Crippen molar-refractivity contribution in [2.75, 3.05) is 0 Å². The van der Waals surface area contributed by atoms with Crippen LogP contribution in [0, 0.1) is 25.2 Å². The zero-order valence-electron chi connectivity index (χ0n) is 21.6. The molecule has 0 amide bonds. The van der Waals surface area contributed by atoms with Crippen LogP contribution in [0.25, 0.3) is 49.2 Å². The first-order valence-corrected chi connectivity index (χ1v) is 11.3. The number of aryl methyl sites for hydroxylation is 2. The molecule has 0 unspecified atom stereocenters. The number of benzene rings is 3. The molecule has 0 radical (unpaired) electrons. The normalized spacial score (nSPS) is 12.7. The van der Waals surface area contributed by atoms with Crippen molar-refractivity contribution in [3.8, 4) is 22.4 Å². The number of pyridine rings is 1. The van der Waals surface area contributed by atoms with E-state index in [1.807, 2.05) is 61.5 Å². The van der Waals surface area contributed by atoms with Crippen LogP contribution in [-0.4, -0.2) is 0 Å². The van der Waals surface area contributed by atoms with E-state index in [2.05, 4.69) is 4.85 Å². The van der Waals surface area contributed by atoms with E-state index in [1.54, 1.807) is 25.5 Å². The summed E-state index contributed by atoms with van der Waals surface area (Å²) in [4.78, 5) is 3.77. The van der Waals surface area contributed by atoms with Gasteiger partial charge in [0, 0.05) is 19.6 Å². The SMILES string of the molecule is [2H]C([2H])(c1c[n+](C)c(-c2c(C)ccc3c2oc2cc(-c4ccccc4)c([N+]#[C-])cc23)cc1F)C(C)C. The minimum Gasteiger partial charge on any atom is -0.455 e. The molecule has 0 saturated heterocycles. The average Bonchev–Trinajstić information content (AvgIpc) is 3.22. The summed E-state index contributed by atoms with van der Waals surface area (Å²) in [7, 11) is 1.79. The Labute approximate surface area is 201 Å². The third-order valence-corrected chi connectivity index (χ3v) is 6.10. The van der Waals surface area contributed by atoms with Crippen molar-refractivity contribution < 1.29 is 16.1 Å². The second kappa shape index (κ2) is 8.43. The molecular weight excluding hydrogens is 423 g/mol. The Hall–Kier alpha value is -3.97. The maximum Gasteiger partial charge on any atom is 0.219 e. The van der Waals surface area contributed by atoms with Gasteiger partial charge in [-0.2, -0.15) is 0 Å². The lowest BCUT2D eigenvalue weighted by molar-refractivity contribution is -0.661. The molecule has 3 nitrogen and oxygen atoms in total. The summed E-state index contributed by atoms with van der Waals surface area (Å²) >= 11 is 0. The van der Waals surface area contributed by atoms with Gasteiger partial charge in [-0.3, -0.25) is 0 Å². The highest BCUT2D eigenvalue weighted by Crippen LogP contribution is 2.42. The molecule has 0 saturated carbocycles. The minimum absolute atomic E-state index is 0.0346. The van der Waals surface area contributed by atoms with Crippen molar-refractivity contribution in [1.29, 1.82) is 0 Å². The molecule has 2 aromatic heterocycles. The summed E-state index contributed by atoms with van der Waals surface area (Å²) in [5.41, 5.74) is 5.81. The van der Waals surface area contributed by atoms with Crippen molar-refractivity contribution in [2.45, 2.75) is 27.1 Å². The van der Waals surface area contributed by atoms with Crippen LogP contribution in [0.15, 0.2) is 71.3 Å². The van der Waals surface area contributed by atoms with E-state index in [9.17, 15) is 0 Å². The van der Waals surface area contributed by atoms with Crippen LogP contribution in [0.2, 0.25) is 0 Å². The van der Waals surface area contributed by atoms with E-state index >= 15 is 4.39 Å². The lowest BCUT2D eigenvalue weighted by atomic mass is 9.97. The van der Waals surface area contributed by atoms with Crippen molar-refractivity contribution in [3.05, 3.63) is 95.2 Å². The Balaban J connectivity index is 1.78. The van der Waals surface area contributed by atoms with Crippen molar-refractivity contribution in [3.63, 3.8) is 0 Å². The van der Waals surface area contributed by atoms with Crippen LogP contribution < -0.4 is 4.57 Å². The number of rotatable bonds is 4. The molecule has 0 atom stereocenters. The molecule has 0 aliphatic carbocycles. The molecule has 168 valence electrons. The van der Waals surface area contributed by atoms with Gasteiger partial charge in [-0.1, -0.05) is 56.3 Å². The van der Waals surface area contributed by atoms with Gasteiger partial charge in [0.2, 0.25) is 5.69 Å². The van der Waals surface area contributed by atoms with E-state index in [1.165, 1.54) is 12.3 Å². The third kappa shape index (κ3) is 3.64. The number of halogens is 1. The Bertz CT molecular complexity index is 1680. The predicted octanol–water partition coefficient (Wildman–Crippen LogP) is 7.94. The van der Waals surface area contributed by atoms with Crippen molar-refractivity contribution >= 4 is 27.6 Å². The zero-order chi connectivity index (χ0) is 25.8. The van der Waals surface area contributed by atoms with Crippen LogP contribution in [0.1, 0.15) is 27.7 Å². The Morgan fingerprint density at radius 3 is 2.56 bits per heavy atom. The van der Waals surface area contributed by atoms with Crippen LogP contribution in [-0.2, 0) is 13.4 Å². The van der Waals surface area contributed by atoms with Gasteiger partial charge in [-0.25, -0.2) is 13.8 Å². The number of aromatic nitrogens is 1. The van der Waals surface area contributed by atoms with E-state index < -0.39 is 12.2 Å². The number of nitrogens with zero attached hydrogens (tertiary/aromatic N) is 2. The topological polar surface area (TPSA) is 21.4 Å². The minimum atomic E-state index is -1.80. The second-order valence-corrected chi connectivity index (χ2v) is 8.91. The van der Waals surface area contributed by atoms with Gasteiger partial charge in [0.15, 0.2) is 11.9 Å². The number of hydrogen-bond donors (Lipinski definition) is 0. The Morgan fingerprint density at radius 1 is 1.09 bits per heavy atom. The monoisotopic (exact) mass is 451 g/mol. The summed E-state index contributed by atoms with van der Waals surface area (Å²) in [6.45, 7) is 13.2. The molecule has 0 spiro atoms. The zero-order valence-corrected chi connectivity index (χ0v) is 19.6. The largest absolute Gasteiger partial charge is 0.455 e. The van der Waals surface area contributed by atoms with Gasteiger partial charge in [0.25, 0.3) is 0 Å².